The Morgan fingerprint density at radius 2 is 1.83 bits per heavy atom. The van der Waals surface area contributed by atoms with Crippen molar-refractivity contribution in [1.82, 2.24) is 14.8 Å². The number of aryl methyl sites for hydroxylation is 1. The van der Waals surface area contributed by atoms with Crippen LogP contribution < -0.4 is 5.32 Å². The molecule has 0 saturated heterocycles. The molecule has 0 spiro atoms. The molecule has 1 aliphatic rings. The van der Waals surface area contributed by atoms with Crippen molar-refractivity contribution in [2.45, 2.75) is 19.4 Å². The van der Waals surface area contributed by atoms with E-state index in [1.807, 2.05) is 28.9 Å². The normalized spacial score (nSPS) is 16.2. The van der Waals surface area contributed by atoms with E-state index in [1.165, 1.54) is 5.56 Å². The van der Waals surface area contributed by atoms with E-state index in [0.717, 1.165) is 34.2 Å². The summed E-state index contributed by atoms with van der Waals surface area (Å²) in [6.45, 7) is 2.16. The molecule has 120 valence electrons. The van der Waals surface area contributed by atoms with Crippen molar-refractivity contribution in [2.75, 3.05) is 5.32 Å². The van der Waals surface area contributed by atoms with Gasteiger partial charge in [0.15, 0.2) is 0 Å². The summed E-state index contributed by atoms with van der Waals surface area (Å²) < 4.78 is 1.88. The van der Waals surface area contributed by atoms with Crippen molar-refractivity contribution in [3.63, 3.8) is 0 Å². The van der Waals surface area contributed by atoms with Crippen LogP contribution in [0.4, 0.5) is 5.95 Å². The maximum absolute atomic E-state index is 6.02. The third-order valence-corrected chi connectivity index (χ3v) is 4.54. The Bertz CT molecular complexity index is 878. The number of hydrogen-bond acceptors (Lipinski definition) is 3. The lowest BCUT2D eigenvalue weighted by Gasteiger charge is -2.24. The molecular formula is C19H17ClN4. The minimum atomic E-state index is -0.0122. The van der Waals surface area contributed by atoms with Crippen LogP contribution in [0.15, 0.2) is 60.9 Å². The molecule has 24 heavy (non-hydrogen) atoms. The number of anilines is 1. The van der Waals surface area contributed by atoms with E-state index in [1.54, 1.807) is 6.33 Å². The highest BCUT2D eigenvalue weighted by Gasteiger charge is 2.23. The van der Waals surface area contributed by atoms with Gasteiger partial charge in [-0.25, -0.2) is 4.68 Å². The molecule has 0 amide bonds. The fourth-order valence-corrected chi connectivity index (χ4v) is 3.05. The minimum absolute atomic E-state index is 0.0122. The van der Waals surface area contributed by atoms with Gasteiger partial charge in [-0.2, -0.15) is 10.1 Å². The van der Waals surface area contributed by atoms with E-state index in [-0.39, 0.29) is 6.04 Å². The summed E-state index contributed by atoms with van der Waals surface area (Å²) in [6.07, 6.45) is 4.78. The first-order valence-corrected chi connectivity index (χ1v) is 8.35. The molecule has 0 saturated carbocycles. The number of allylic oxidation sites excluding steroid dienone is 1. The average molecular weight is 337 g/mol. The van der Waals surface area contributed by atoms with Gasteiger partial charge in [-0.05, 0) is 41.3 Å². The van der Waals surface area contributed by atoms with Gasteiger partial charge >= 0.3 is 0 Å². The topological polar surface area (TPSA) is 42.7 Å². The number of aromatic nitrogens is 3. The Morgan fingerprint density at radius 1 is 1.08 bits per heavy atom. The second-order valence-corrected chi connectivity index (χ2v) is 6.22. The molecule has 1 atom stereocenters. The summed E-state index contributed by atoms with van der Waals surface area (Å²) in [5, 5.41) is 8.45. The lowest BCUT2D eigenvalue weighted by molar-refractivity contribution is 0.612. The van der Waals surface area contributed by atoms with Crippen molar-refractivity contribution >= 4 is 23.2 Å². The molecular weight excluding hydrogens is 320 g/mol. The quantitative estimate of drug-likeness (QED) is 0.763. The maximum Gasteiger partial charge on any atom is 0.226 e. The van der Waals surface area contributed by atoms with Crippen LogP contribution in [-0.2, 0) is 6.42 Å². The van der Waals surface area contributed by atoms with Gasteiger partial charge in [0.2, 0.25) is 5.95 Å². The molecule has 4 rings (SSSR count). The average Bonchev–Trinajstić information content (AvgIpc) is 3.10. The molecule has 2 aromatic carbocycles. The van der Waals surface area contributed by atoms with E-state index in [9.17, 15) is 0 Å². The third kappa shape index (κ3) is 2.69. The van der Waals surface area contributed by atoms with Crippen molar-refractivity contribution in [3.8, 4) is 0 Å². The second-order valence-electron chi connectivity index (χ2n) is 5.78. The maximum atomic E-state index is 6.02. The molecule has 0 fully saturated rings. The van der Waals surface area contributed by atoms with Crippen LogP contribution in [0.2, 0.25) is 5.02 Å². The van der Waals surface area contributed by atoms with Crippen molar-refractivity contribution in [3.05, 3.63) is 82.6 Å². The van der Waals surface area contributed by atoms with Crippen molar-refractivity contribution < 1.29 is 0 Å². The van der Waals surface area contributed by atoms with Crippen LogP contribution in [0, 0.1) is 0 Å². The Kier molecular flexibility index (Phi) is 3.82. The Morgan fingerprint density at radius 3 is 2.54 bits per heavy atom. The standard InChI is InChI=1S/C19H17ClN4/c1-2-13-3-5-14(6-4-13)17-11-18(15-7-9-16(20)10-8-15)24-19(23-17)21-12-22-24/h3-12,18H,2H2,1H3,(H,21,22,23)/t18-/m1/s1. The summed E-state index contributed by atoms with van der Waals surface area (Å²) in [7, 11) is 0. The van der Waals surface area contributed by atoms with Crippen LogP contribution in [0.1, 0.15) is 29.7 Å². The molecule has 1 aliphatic heterocycles. The van der Waals surface area contributed by atoms with Gasteiger partial charge in [-0.1, -0.05) is 54.9 Å². The van der Waals surface area contributed by atoms with Crippen LogP contribution >= 0.6 is 11.6 Å². The van der Waals surface area contributed by atoms with Crippen molar-refractivity contribution in [2.24, 2.45) is 0 Å². The first kappa shape index (κ1) is 15.0. The van der Waals surface area contributed by atoms with Crippen LogP contribution in [-0.4, -0.2) is 14.8 Å². The first-order valence-electron chi connectivity index (χ1n) is 7.97. The smallest absolute Gasteiger partial charge is 0.226 e. The SMILES string of the molecule is CCc1ccc(C2=C[C@H](c3ccc(Cl)cc3)n3ncnc3N2)cc1. The zero-order chi connectivity index (χ0) is 16.5. The van der Waals surface area contributed by atoms with E-state index < -0.39 is 0 Å². The van der Waals surface area contributed by atoms with Gasteiger partial charge < -0.3 is 5.32 Å². The molecule has 3 aromatic rings. The number of nitrogens with one attached hydrogen (secondary N) is 1. The molecule has 2 heterocycles. The van der Waals surface area contributed by atoms with Gasteiger partial charge in [0, 0.05) is 10.7 Å². The lowest BCUT2D eigenvalue weighted by Crippen LogP contribution is -2.20. The van der Waals surface area contributed by atoms with Crippen molar-refractivity contribution in [1.29, 1.82) is 0 Å². The van der Waals surface area contributed by atoms with Gasteiger partial charge in [-0.3, -0.25) is 0 Å². The van der Waals surface area contributed by atoms with Crippen LogP contribution in [0.3, 0.4) is 0 Å². The number of nitrogens with zero attached hydrogens (tertiary/aromatic N) is 3. The van der Waals surface area contributed by atoms with E-state index in [4.69, 9.17) is 11.6 Å². The second kappa shape index (κ2) is 6.13. The Hall–Kier alpha value is -2.59. The third-order valence-electron chi connectivity index (χ3n) is 4.29. The Balaban J connectivity index is 1.76. The zero-order valence-corrected chi connectivity index (χ0v) is 14.0. The highest BCUT2D eigenvalue weighted by atomic mass is 35.5. The molecule has 4 nitrogen and oxygen atoms in total. The minimum Gasteiger partial charge on any atom is -0.324 e. The zero-order valence-electron chi connectivity index (χ0n) is 13.3. The van der Waals surface area contributed by atoms with E-state index >= 15 is 0 Å². The molecule has 0 bridgehead atoms. The van der Waals surface area contributed by atoms with Gasteiger partial charge in [0.05, 0.1) is 0 Å². The predicted octanol–water partition coefficient (Wildman–Crippen LogP) is 4.55. The van der Waals surface area contributed by atoms with Gasteiger partial charge in [-0.15, -0.1) is 0 Å². The monoisotopic (exact) mass is 336 g/mol. The number of halogens is 1. The predicted molar refractivity (Wildman–Crippen MR) is 97.0 cm³/mol. The summed E-state index contributed by atoms with van der Waals surface area (Å²) >= 11 is 6.02. The van der Waals surface area contributed by atoms with Gasteiger partial charge in [0.1, 0.15) is 12.4 Å². The van der Waals surface area contributed by atoms with Crippen LogP contribution in [0.25, 0.3) is 5.70 Å². The number of rotatable bonds is 3. The van der Waals surface area contributed by atoms with Crippen LogP contribution in [0.5, 0.6) is 0 Å². The summed E-state index contributed by atoms with van der Waals surface area (Å²) in [4.78, 5) is 4.33. The van der Waals surface area contributed by atoms with Gasteiger partial charge in [0.25, 0.3) is 0 Å². The summed E-state index contributed by atoms with van der Waals surface area (Å²) in [5.41, 5.74) is 4.63. The molecule has 0 aliphatic carbocycles. The fraction of sp³-hybridized carbons (Fsp3) is 0.158. The molecule has 1 aromatic heterocycles. The highest BCUT2D eigenvalue weighted by Crippen LogP contribution is 2.32. The molecule has 0 unspecified atom stereocenters. The fourth-order valence-electron chi connectivity index (χ4n) is 2.92. The molecule has 1 N–H and O–H groups in total. The van der Waals surface area contributed by atoms with E-state index in [0.29, 0.717) is 0 Å². The Labute approximate surface area is 145 Å². The number of hydrogen-bond donors (Lipinski definition) is 1. The largest absolute Gasteiger partial charge is 0.324 e. The number of benzene rings is 2. The summed E-state index contributed by atoms with van der Waals surface area (Å²) in [5.74, 6) is 0.743. The lowest BCUT2D eigenvalue weighted by atomic mass is 10.0. The molecule has 5 heteroatoms. The first-order chi connectivity index (χ1) is 11.7. The highest BCUT2D eigenvalue weighted by molar-refractivity contribution is 6.30. The number of fused-ring (bicyclic) bond motifs is 1. The van der Waals surface area contributed by atoms with E-state index in [2.05, 4.69) is 52.7 Å². The summed E-state index contributed by atoms with van der Waals surface area (Å²) in [6, 6.07) is 16.4. The molecule has 0 radical (unpaired) electrons.